The fraction of sp³-hybridized carbons (Fsp3) is 0.571. The van der Waals surface area contributed by atoms with Gasteiger partial charge in [-0.3, -0.25) is 9.78 Å². The van der Waals surface area contributed by atoms with Crippen molar-refractivity contribution in [3.05, 3.63) is 30.1 Å². The summed E-state index contributed by atoms with van der Waals surface area (Å²) in [5, 5.41) is 0. The number of hydrogen-bond donors (Lipinski definition) is 0. The van der Waals surface area contributed by atoms with E-state index in [1.807, 2.05) is 20.4 Å². The molecule has 0 unspecified atom stereocenters. The van der Waals surface area contributed by atoms with Crippen LogP contribution in [0.5, 0.6) is 0 Å². The second-order valence-corrected chi connectivity index (χ2v) is 7.85. The van der Waals surface area contributed by atoms with Crippen LogP contribution in [0.25, 0.3) is 0 Å². The summed E-state index contributed by atoms with van der Waals surface area (Å²) >= 11 is 0. The molecule has 1 aromatic rings. The highest BCUT2D eigenvalue weighted by Gasteiger charge is 2.30. The van der Waals surface area contributed by atoms with Crippen LogP contribution in [0.3, 0.4) is 0 Å². The Morgan fingerprint density at radius 2 is 1.80 bits per heavy atom. The van der Waals surface area contributed by atoms with Gasteiger partial charge in [-0.05, 0) is 38.1 Å². The topological polar surface area (TPSA) is 57.7 Å². The molecule has 0 N–H and O–H groups in total. The van der Waals surface area contributed by atoms with Crippen molar-refractivity contribution in [1.82, 2.24) is 4.98 Å². The van der Waals surface area contributed by atoms with Crippen molar-refractivity contribution in [2.24, 2.45) is 0 Å². The third-order valence-electron chi connectivity index (χ3n) is 2.82. The Morgan fingerprint density at radius 1 is 1.20 bits per heavy atom. The van der Waals surface area contributed by atoms with Crippen molar-refractivity contribution in [1.29, 1.82) is 0 Å². The van der Waals surface area contributed by atoms with Crippen molar-refractivity contribution in [2.75, 3.05) is 19.8 Å². The molecule has 0 radical (unpaired) electrons. The van der Waals surface area contributed by atoms with E-state index in [1.54, 1.807) is 24.5 Å². The predicted molar refractivity (Wildman–Crippen MR) is 78.6 cm³/mol. The number of nitrogens with zero attached hydrogens (tertiary/aromatic N) is 1. The van der Waals surface area contributed by atoms with Crippen LogP contribution in [0.15, 0.2) is 24.5 Å². The number of carbonyl (C=O) groups excluding carboxylic acids is 1. The van der Waals surface area contributed by atoms with Crippen LogP contribution >= 0.6 is 0 Å². The van der Waals surface area contributed by atoms with Crippen LogP contribution in [0.1, 0.15) is 19.4 Å². The highest BCUT2D eigenvalue weighted by Crippen LogP contribution is 2.13. The van der Waals surface area contributed by atoms with Gasteiger partial charge in [0.2, 0.25) is 0 Å². The van der Waals surface area contributed by atoms with E-state index in [2.05, 4.69) is 4.98 Å². The lowest BCUT2D eigenvalue weighted by atomic mass is 10.2. The maximum atomic E-state index is 11.7. The molecule has 0 spiro atoms. The second-order valence-electron chi connectivity index (χ2n) is 4.50. The molecular formula is C14H23NO4Si. The Kier molecular flexibility index (Phi) is 7.43. The molecule has 0 atom stereocenters. The normalized spacial score (nSPS) is 11.3. The lowest BCUT2D eigenvalue weighted by Gasteiger charge is -2.25. The average molecular weight is 297 g/mol. The summed E-state index contributed by atoms with van der Waals surface area (Å²) in [6, 6.07) is 4.26. The summed E-state index contributed by atoms with van der Waals surface area (Å²) in [5.74, 6) is -0.236. The summed E-state index contributed by atoms with van der Waals surface area (Å²) in [6.07, 6.45) is 3.59. The third kappa shape index (κ3) is 6.27. The zero-order valence-electron chi connectivity index (χ0n) is 12.4. The number of ether oxygens (including phenoxy) is 1. The SMILES string of the molecule is CCO[Si](C)(CCOC(=O)Cc1ccncc1)OCC. The molecule has 0 aromatic carbocycles. The zero-order valence-corrected chi connectivity index (χ0v) is 13.4. The molecule has 0 saturated carbocycles. The molecule has 0 fully saturated rings. The van der Waals surface area contributed by atoms with Gasteiger partial charge in [-0.2, -0.15) is 0 Å². The van der Waals surface area contributed by atoms with E-state index >= 15 is 0 Å². The lowest BCUT2D eigenvalue weighted by molar-refractivity contribution is -0.142. The fourth-order valence-electron chi connectivity index (χ4n) is 1.87. The van der Waals surface area contributed by atoms with E-state index in [-0.39, 0.29) is 12.4 Å². The maximum Gasteiger partial charge on any atom is 0.338 e. The van der Waals surface area contributed by atoms with Crippen molar-refractivity contribution in [3.8, 4) is 0 Å². The largest absolute Gasteiger partial charge is 0.466 e. The van der Waals surface area contributed by atoms with Crippen LogP contribution in [-0.4, -0.2) is 39.3 Å². The molecule has 0 aliphatic heterocycles. The molecule has 0 aliphatic carbocycles. The Hall–Kier alpha value is -1.24. The number of pyridine rings is 1. The van der Waals surface area contributed by atoms with Gasteiger partial charge in [-0.1, -0.05) is 0 Å². The first kappa shape index (κ1) is 16.8. The molecule has 20 heavy (non-hydrogen) atoms. The number of esters is 1. The van der Waals surface area contributed by atoms with Crippen molar-refractivity contribution in [2.45, 2.75) is 32.9 Å². The van der Waals surface area contributed by atoms with Gasteiger partial charge in [0.15, 0.2) is 0 Å². The highest BCUT2D eigenvalue weighted by atomic mass is 28.4. The van der Waals surface area contributed by atoms with Crippen molar-refractivity contribution >= 4 is 14.5 Å². The quantitative estimate of drug-likeness (QED) is 0.517. The van der Waals surface area contributed by atoms with E-state index in [9.17, 15) is 4.79 Å². The van der Waals surface area contributed by atoms with Gasteiger partial charge in [0.1, 0.15) is 0 Å². The van der Waals surface area contributed by atoms with E-state index in [1.165, 1.54) is 0 Å². The summed E-state index contributed by atoms with van der Waals surface area (Å²) in [5.41, 5.74) is 0.902. The first-order valence-corrected chi connectivity index (χ1v) is 9.44. The van der Waals surface area contributed by atoms with Crippen LogP contribution in [0, 0.1) is 0 Å². The first-order valence-electron chi connectivity index (χ1n) is 6.92. The molecule has 6 heteroatoms. The van der Waals surface area contributed by atoms with Crippen molar-refractivity contribution in [3.63, 3.8) is 0 Å². The highest BCUT2D eigenvalue weighted by molar-refractivity contribution is 6.66. The summed E-state index contributed by atoms with van der Waals surface area (Å²) in [4.78, 5) is 15.6. The minimum Gasteiger partial charge on any atom is -0.466 e. The van der Waals surface area contributed by atoms with E-state index in [0.29, 0.717) is 25.9 Å². The molecule has 1 heterocycles. The number of aromatic nitrogens is 1. The van der Waals surface area contributed by atoms with E-state index in [4.69, 9.17) is 13.6 Å². The standard InChI is InChI=1S/C14H23NO4Si/c1-4-18-20(3,19-5-2)11-10-17-14(16)12-13-6-8-15-9-7-13/h6-9H,4-5,10-12H2,1-3H3. The number of rotatable bonds is 9. The van der Waals surface area contributed by atoms with E-state index in [0.717, 1.165) is 5.56 Å². The third-order valence-corrected chi connectivity index (χ3v) is 5.73. The molecule has 5 nitrogen and oxygen atoms in total. The minimum absolute atomic E-state index is 0.236. The molecule has 1 aromatic heterocycles. The summed E-state index contributed by atoms with van der Waals surface area (Å²) < 4.78 is 16.6. The molecule has 0 saturated heterocycles. The Bertz CT molecular complexity index is 393. The van der Waals surface area contributed by atoms with Gasteiger partial charge in [0.25, 0.3) is 0 Å². The van der Waals surface area contributed by atoms with Gasteiger partial charge in [0, 0.05) is 31.7 Å². The van der Waals surface area contributed by atoms with Gasteiger partial charge in [-0.15, -0.1) is 0 Å². The van der Waals surface area contributed by atoms with Gasteiger partial charge in [0.05, 0.1) is 13.0 Å². The Morgan fingerprint density at radius 3 is 2.35 bits per heavy atom. The van der Waals surface area contributed by atoms with Crippen LogP contribution in [0.2, 0.25) is 12.6 Å². The Balaban J connectivity index is 2.33. The minimum atomic E-state index is -2.20. The molecule has 1 rings (SSSR count). The smallest absolute Gasteiger partial charge is 0.338 e. The average Bonchev–Trinajstić information content (AvgIpc) is 2.40. The van der Waals surface area contributed by atoms with Gasteiger partial charge >= 0.3 is 14.5 Å². The van der Waals surface area contributed by atoms with Crippen LogP contribution in [-0.2, 0) is 24.8 Å². The molecule has 0 bridgehead atoms. The molecule has 112 valence electrons. The summed E-state index contributed by atoms with van der Waals surface area (Å²) in [7, 11) is -2.20. The maximum absolute atomic E-state index is 11.7. The zero-order chi connectivity index (χ0) is 14.8. The van der Waals surface area contributed by atoms with Crippen LogP contribution < -0.4 is 0 Å². The number of carbonyl (C=O) groups is 1. The molecule has 0 amide bonds. The molecule has 0 aliphatic rings. The second kappa shape index (κ2) is 8.83. The Labute approximate surface area is 121 Å². The van der Waals surface area contributed by atoms with Crippen LogP contribution in [0.4, 0.5) is 0 Å². The first-order chi connectivity index (χ1) is 9.59. The van der Waals surface area contributed by atoms with Gasteiger partial charge < -0.3 is 13.6 Å². The lowest BCUT2D eigenvalue weighted by Crippen LogP contribution is -2.40. The monoisotopic (exact) mass is 297 g/mol. The molecular weight excluding hydrogens is 274 g/mol. The van der Waals surface area contributed by atoms with Gasteiger partial charge in [-0.25, -0.2) is 0 Å². The predicted octanol–water partition coefficient (Wildman–Crippen LogP) is 2.31. The van der Waals surface area contributed by atoms with Crippen molar-refractivity contribution < 1.29 is 18.4 Å². The summed E-state index contributed by atoms with van der Waals surface area (Å²) in [6.45, 7) is 7.46. The van der Waals surface area contributed by atoms with E-state index < -0.39 is 8.56 Å². The fourth-order valence-corrected chi connectivity index (χ4v) is 3.93. The number of hydrogen-bond acceptors (Lipinski definition) is 5.